The Morgan fingerprint density at radius 2 is 2.11 bits per heavy atom. The van der Waals surface area contributed by atoms with Crippen LogP contribution >= 0.6 is 0 Å². The molecule has 1 saturated carbocycles. The van der Waals surface area contributed by atoms with Gasteiger partial charge in [0.2, 0.25) is 5.95 Å². The molecule has 1 aromatic heterocycles. The van der Waals surface area contributed by atoms with Gasteiger partial charge in [0.05, 0.1) is 0 Å². The zero-order chi connectivity index (χ0) is 13.9. The summed E-state index contributed by atoms with van der Waals surface area (Å²) in [6.07, 6.45) is 6.16. The molecule has 1 heterocycles. The average Bonchev–Trinajstić information content (AvgIpc) is 2.85. The molecular formula is C14H21N3O2. The Kier molecular flexibility index (Phi) is 4.02. The number of nitrogens with one attached hydrogen (secondary N) is 1. The van der Waals surface area contributed by atoms with Crippen molar-refractivity contribution in [2.45, 2.75) is 46.0 Å². The highest BCUT2D eigenvalue weighted by atomic mass is 16.4. The number of anilines is 1. The van der Waals surface area contributed by atoms with E-state index in [0.29, 0.717) is 17.1 Å². The van der Waals surface area contributed by atoms with E-state index in [-0.39, 0.29) is 5.69 Å². The van der Waals surface area contributed by atoms with E-state index in [1.165, 1.54) is 31.7 Å². The van der Waals surface area contributed by atoms with Crippen LogP contribution in [0.2, 0.25) is 0 Å². The van der Waals surface area contributed by atoms with Crippen LogP contribution in [0.25, 0.3) is 0 Å². The highest BCUT2D eigenvalue weighted by Gasteiger charge is 2.31. The van der Waals surface area contributed by atoms with Crippen molar-refractivity contribution in [2.75, 3.05) is 11.9 Å². The molecule has 104 valence electrons. The molecule has 1 fully saturated rings. The second-order valence-electron chi connectivity index (χ2n) is 5.44. The quantitative estimate of drug-likeness (QED) is 0.854. The highest BCUT2D eigenvalue weighted by Crippen LogP contribution is 2.40. The van der Waals surface area contributed by atoms with Crippen molar-refractivity contribution >= 4 is 11.9 Å². The highest BCUT2D eigenvalue weighted by molar-refractivity contribution is 5.85. The lowest BCUT2D eigenvalue weighted by molar-refractivity contribution is 0.0690. The first-order valence-corrected chi connectivity index (χ1v) is 6.87. The van der Waals surface area contributed by atoms with Crippen LogP contribution in [0, 0.1) is 12.3 Å². The molecule has 0 unspecified atom stereocenters. The summed E-state index contributed by atoms with van der Waals surface area (Å²) in [6, 6.07) is 1.48. The molecule has 2 rings (SSSR count). The Hall–Kier alpha value is -1.65. The Morgan fingerprint density at radius 3 is 2.68 bits per heavy atom. The number of carboxylic acid groups (broad SMARTS) is 1. The summed E-state index contributed by atoms with van der Waals surface area (Å²) in [6.45, 7) is 4.82. The standard InChI is InChI=1S/C14H21N3O2/c1-3-14(6-4-5-7-14)9-15-13-16-10(2)8-11(17-13)12(18)19/h8H,3-7,9H2,1-2H3,(H,18,19)(H,15,16,17). The number of aromatic carboxylic acids is 1. The summed E-state index contributed by atoms with van der Waals surface area (Å²) >= 11 is 0. The largest absolute Gasteiger partial charge is 0.477 e. The van der Waals surface area contributed by atoms with E-state index in [1.807, 2.05) is 0 Å². The monoisotopic (exact) mass is 263 g/mol. The maximum absolute atomic E-state index is 11.0. The summed E-state index contributed by atoms with van der Waals surface area (Å²) in [5, 5.41) is 12.2. The number of carbonyl (C=O) groups is 1. The minimum absolute atomic E-state index is 0.0481. The molecule has 0 spiro atoms. The third-order valence-corrected chi connectivity index (χ3v) is 4.11. The molecule has 0 aliphatic heterocycles. The number of hydrogen-bond acceptors (Lipinski definition) is 4. The number of aryl methyl sites for hydroxylation is 1. The minimum Gasteiger partial charge on any atom is -0.477 e. The van der Waals surface area contributed by atoms with Crippen molar-refractivity contribution in [2.24, 2.45) is 5.41 Å². The van der Waals surface area contributed by atoms with Crippen LogP contribution in [-0.4, -0.2) is 27.6 Å². The van der Waals surface area contributed by atoms with Crippen molar-refractivity contribution in [3.8, 4) is 0 Å². The van der Waals surface area contributed by atoms with E-state index in [0.717, 1.165) is 13.0 Å². The second kappa shape index (κ2) is 5.55. The fraction of sp³-hybridized carbons (Fsp3) is 0.643. The molecule has 2 N–H and O–H groups in total. The van der Waals surface area contributed by atoms with Gasteiger partial charge in [0.15, 0.2) is 5.69 Å². The fourth-order valence-corrected chi connectivity index (χ4v) is 2.80. The Balaban J connectivity index is 2.08. The van der Waals surface area contributed by atoms with Crippen molar-refractivity contribution < 1.29 is 9.90 Å². The Bertz CT molecular complexity index is 468. The number of carboxylic acids is 1. The van der Waals surface area contributed by atoms with Gasteiger partial charge in [-0.3, -0.25) is 0 Å². The van der Waals surface area contributed by atoms with Crippen LogP contribution in [-0.2, 0) is 0 Å². The molecule has 0 saturated heterocycles. The number of nitrogens with zero attached hydrogens (tertiary/aromatic N) is 2. The van der Waals surface area contributed by atoms with Gasteiger partial charge < -0.3 is 10.4 Å². The van der Waals surface area contributed by atoms with E-state index in [1.54, 1.807) is 6.92 Å². The normalized spacial score (nSPS) is 17.4. The topological polar surface area (TPSA) is 75.1 Å². The van der Waals surface area contributed by atoms with E-state index in [2.05, 4.69) is 22.2 Å². The fourth-order valence-electron chi connectivity index (χ4n) is 2.80. The summed E-state index contributed by atoms with van der Waals surface area (Å²) < 4.78 is 0. The van der Waals surface area contributed by atoms with Gasteiger partial charge in [0.1, 0.15) is 0 Å². The molecular weight excluding hydrogens is 242 g/mol. The molecule has 1 aliphatic rings. The number of hydrogen-bond donors (Lipinski definition) is 2. The third-order valence-electron chi connectivity index (χ3n) is 4.11. The molecule has 0 aromatic carbocycles. The summed E-state index contributed by atoms with van der Waals surface area (Å²) in [4.78, 5) is 19.3. The zero-order valence-corrected chi connectivity index (χ0v) is 11.6. The maximum Gasteiger partial charge on any atom is 0.354 e. The van der Waals surface area contributed by atoms with Crippen molar-refractivity contribution in [1.29, 1.82) is 0 Å². The first kappa shape index (κ1) is 13.8. The Morgan fingerprint density at radius 1 is 1.42 bits per heavy atom. The molecule has 0 bridgehead atoms. The smallest absolute Gasteiger partial charge is 0.354 e. The minimum atomic E-state index is -1.01. The van der Waals surface area contributed by atoms with Crippen LogP contribution in [0.4, 0.5) is 5.95 Å². The number of aromatic nitrogens is 2. The molecule has 5 nitrogen and oxygen atoms in total. The molecule has 0 atom stereocenters. The summed E-state index contributed by atoms with van der Waals surface area (Å²) in [5.41, 5.74) is 1.05. The summed E-state index contributed by atoms with van der Waals surface area (Å²) in [7, 11) is 0. The number of rotatable bonds is 5. The zero-order valence-electron chi connectivity index (χ0n) is 11.6. The van der Waals surface area contributed by atoms with Gasteiger partial charge >= 0.3 is 5.97 Å². The molecule has 1 aromatic rings. The molecule has 1 aliphatic carbocycles. The van der Waals surface area contributed by atoms with Gasteiger partial charge in [-0.15, -0.1) is 0 Å². The van der Waals surface area contributed by atoms with E-state index in [4.69, 9.17) is 5.11 Å². The van der Waals surface area contributed by atoms with Gasteiger partial charge in [-0.25, -0.2) is 14.8 Å². The molecule has 0 amide bonds. The molecule has 5 heteroatoms. The second-order valence-corrected chi connectivity index (χ2v) is 5.44. The van der Waals surface area contributed by atoms with Crippen LogP contribution in [0.15, 0.2) is 6.07 Å². The first-order valence-electron chi connectivity index (χ1n) is 6.87. The van der Waals surface area contributed by atoms with Crippen molar-refractivity contribution in [3.63, 3.8) is 0 Å². The van der Waals surface area contributed by atoms with E-state index < -0.39 is 5.97 Å². The third kappa shape index (κ3) is 3.22. The van der Waals surface area contributed by atoms with Crippen LogP contribution in [0.3, 0.4) is 0 Å². The van der Waals surface area contributed by atoms with Gasteiger partial charge in [-0.1, -0.05) is 19.8 Å². The van der Waals surface area contributed by atoms with E-state index >= 15 is 0 Å². The van der Waals surface area contributed by atoms with Gasteiger partial charge in [0.25, 0.3) is 0 Å². The van der Waals surface area contributed by atoms with E-state index in [9.17, 15) is 4.79 Å². The Labute approximate surface area is 113 Å². The SMILES string of the molecule is CCC1(CNc2nc(C)cc(C(=O)O)n2)CCCC1. The predicted molar refractivity (Wildman–Crippen MR) is 73.4 cm³/mol. The van der Waals surface area contributed by atoms with Gasteiger partial charge in [-0.2, -0.15) is 0 Å². The van der Waals surface area contributed by atoms with Gasteiger partial charge in [-0.05, 0) is 37.7 Å². The molecule has 19 heavy (non-hydrogen) atoms. The lowest BCUT2D eigenvalue weighted by Gasteiger charge is -2.27. The lowest BCUT2D eigenvalue weighted by Crippen LogP contribution is -2.27. The van der Waals surface area contributed by atoms with Crippen LogP contribution in [0.5, 0.6) is 0 Å². The van der Waals surface area contributed by atoms with Gasteiger partial charge in [0, 0.05) is 12.2 Å². The molecule has 0 radical (unpaired) electrons. The first-order chi connectivity index (χ1) is 9.04. The van der Waals surface area contributed by atoms with Crippen LogP contribution < -0.4 is 5.32 Å². The average molecular weight is 263 g/mol. The van der Waals surface area contributed by atoms with Crippen molar-refractivity contribution in [3.05, 3.63) is 17.5 Å². The van der Waals surface area contributed by atoms with Crippen LogP contribution in [0.1, 0.15) is 55.2 Å². The summed E-state index contributed by atoms with van der Waals surface area (Å²) in [5.74, 6) is -0.586. The predicted octanol–water partition coefficient (Wildman–Crippen LogP) is 2.87. The maximum atomic E-state index is 11.0. The lowest BCUT2D eigenvalue weighted by atomic mass is 9.83. The van der Waals surface area contributed by atoms with Crippen molar-refractivity contribution in [1.82, 2.24) is 9.97 Å².